The number of ketones is 1. The molecule has 30 heavy (non-hydrogen) atoms. The molecule has 1 N–H and O–H groups in total. The average Bonchev–Trinajstić information content (AvgIpc) is 2.64. The molecule has 0 radical (unpaired) electrons. The highest BCUT2D eigenvalue weighted by Gasteiger charge is 2.44. The molecule has 6 nitrogen and oxygen atoms in total. The predicted molar refractivity (Wildman–Crippen MR) is 114 cm³/mol. The molecule has 0 aromatic heterocycles. The van der Waals surface area contributed by atoms with E-state index in [0.717, 1.165) is 17.7 Å². The number of carbonyl (C=O) groups excluding carboxylic acids is 2. The van der Waals surface area contributed by atoms with E-state index in [2.05, 4.69) is 19.2 Å². The van der Waals surface area contributed by atoms with Gasteiger partial charge in [-0.3, -0.25) is 4.79 Å². The van der Waals surface area contributed by atoms with Crippen molar-refractivity contribution in [3.05, 3.63) is 46.3 Å². The summed E-state index contributed by atoms with van der Waals surface area (Å²) in [7, 11) is 3.16. The molecule has 0 saturated carbocycles. The number of Topliss-reactive ketones (excluding diaryl/α,β-unsaturated/α-hetero) is 1. The van der Waals surface area contributed by atoms with Crippen LogP contribution in [0.1, 0.15) is 58.9 Å². The van der Waals surface area contributed by atoms with E-state index >= 15 is 0 Å². The highest BCUT2D eigenvalue weighted by atomic mass is 16.5. The number of dihydropyridines is 1. The summed E-state index contributed by atoms with van der Waals surface area (Å²) in [5, 5.41) is 3.34. The number of carbonyl (C=O) groups is 2. The third-order valence-electron chi connectivity index (χ3n) is 5.55. The van der Waals surface area contributed by atoms with Gasteiger partial charge >= 0.3 is 5.97 Å². The summed E-state index contributed by atoms with van der Waals surface area (Å²) in [5.74, 6) is 0.258. The summed E-state index contributed by atoms with van der Waals surface area (Å²) in [6, 6.07) is 5.45. The van der Waals surface area contributed by atoms with Gasteiger partial charge in [0.1, 0.15) is 11.5 Å². The smallest absolute Gasteiger partial charge is 0.337 e. The van der Waals surface area contributed by atoms with Crippen LogP contribution in [0, 0.1) is 5.41 Å². The molecule has 0 bridgehead atoms. The Balaban J connectivity index is 2.23. The molecule has 1 heterocycles. The number of hydrogen-bond acceptors (Lipinski definition) is 6. The summed E-state index contributed by atoms with van der Waals surface area (Å²) in [6.07, 6.45) is 0.883. The van der Waals surface area contributed by atoms with Crippen LogP contribution in [0.3, 0.4) is 0 Å². The summed E-state index contributed by atoms with van der Waals surface area (Å²) in [6.45, 7) is 9.65. The number of hydrogen-bond donors (Lipinski definition) is 1. The molecule has 2 aliphatic rings. The molecule has 1 aliphatic heterocycles. The van der Waals surface area contributed by atoms with Crippen molar-refractivity contribution in [3.63, 3.8) is 0 Å². The fourth-order valence-corrected chi connectivity index (χ4v) is 4.35. The highest BCUT2D eigenvalue weighted by molar-refractivity contribution is 6.04. The molecule has 1 atom stereocenters. The number of ether oxygens (including phenoxy) is 3. The first-order valence-electron chi connectivity index (χ1n) is 10.2. The van der Waals surface area contributed by atoms with Crippen molar-refractivity contribution >= 4 is 11.8 Å². The Morgan fingerprint density at radius 1 is 1.17 bits per heavy atom. The Hall–Kier alpha value is -2.76. The molecule has 1 aromatic rings. The maximum Gasteiger partial charge on any atom is 0.337 e. The third-order valence-corrected chi connectivity index (χ3v) is 5.55. The van der Waals surface area contributed by atoms with Gasteiger partial charge in [0.15, 0.2) is 5.78 Å². The summed E-state index contributed by atoms with van der Waals surface area (Å²) in [5.41, 5.74) is 3.24. The van der Waals surface area contributed by atoms with Crippen LogP contribution in [-0.4, -0.2) is 32.1 Å². The molecule has 1 aliphatic carbocycles. The van der Waals surface area contributed by atoms with E-state index < -0.39 is 11.9 Å². The second kappa shape index (κ2) is 8.17. The molecule has 1 aromatic carbocycles. The fraction of sp³-hybridized carbons (Fsp3) is 0.500. The van der Waals surface area contributed by atoms with E-state index in [1.54, 1.807) is 20.3 Å². The second-order valence-corrected chi connectivity index (χ2v) is 8.99. The molecule has 0 unspecified atom stereocenters. The molecule has 0 fully saturated rings. The number of nitrogens with one attached hydrogen (secondary N) is 1. The first-order valence-corrected chi connectivity index (χ1v) is 10.2. The van der Waals surface area contributed by atoms with Gasteiger partial charge in [0, 0.05) is 35.0 Å². The van der Waals surface area contributed by atoms with Crippen molar-refractivity contribution in [3.8, 4) is 11.5 Å². The van der Waals surface area contributed by atoms with Crippen LogP contribution in [0.5, 0.6) is 11.5 Å². The van der Waals surface area contributed by atoms with Crippen molar-refractivity contribution in [1.82, 2.24) is 5.32 Å². The van der Waals surface area contributed by atoms with E-state index in [1.165, 1.54) is 0 Å². The van der Waals surface area contributed by atoms with Gasteiger partial charge < -0.3 is 19.5 Å². The fourth-order valence-electron chi connectivity index (χ4n) is 4.35. The van der Waals surface area contributed by atoms with Crippen molar-refractivity contribution in [2.24, 2.45) is 5.41 Å². The van der Waals surface area contributed by atoms with E-state index in [1.807, 2.05) is 32.9 Å². The van der Waals surface area contributed by atoms with Crippen LogP contribution in [0.4, 0.5) is 0 Å². The number of benzene rings is 1. The number of methoxy groups -OCH3 is 2. The lowest BCUT2D eigenvalue weighted by molar-refractivity contribution is -0.143. The van der Waals surface area contributed by atoms with Gasteiger partial charge in [-0.25, -0.2) is 4.79 Å². The molecule has 162 valence electrons. The average molecular weight is 414 g/mol. The van der Waals surface area contributed by atoms with Gasteiger partial charge in [0.25, 0.3) is 0 Å². The Labute approximate surface area is 178 Å². The Kier molecular flexibility index (Phi) is 5.97. The van der Waals surface area contributed by atoms with Crippen molar-refractivity contribution in [1.29, 1.82) is 0 Å². The maximum absolute atomic E-state index is 13.3. The topological polar surface area (TPSA) is 73.9 Å². The van der Waals surface area contributed by atoms with E-state index in [-0.39, 0.29) is 17.3 Å². The van der Waals surface area contributed by atoms with Crippen LogP contribution < -0.4 is 14.8 Å². The van der Waals surface area contributed by atoms with Gasteiger partial charge in [-0.1, -0.05) is 19.9 Å². The van der Waals surface area contributed by atoms with Crippen LogP contribution >= 0.6 is 0 Å². The van der Waals surface area contributed by atoms with Gasteiger partial charge in [-0.2, -0.15) is 0 Å². The maximum atomic E-state index is 13.3. The summed E-state index contributed by atoms with van der Waals surface area (Å²) in [4.78, 5) is 26.4. The largest absolute Gasteiger partial charge is 0.497 e. The molecular weight excluding hydrogens is 382 g/mol. The predicted octanol–water partition coefficient (Wildman–Crippen LogP) is 4.26. The summed E-state index contributed by atoms with van der Waals surface area (Å²) >= 11 is 0. The molecule has 0 saturated heterocycles. The van der Waals surface area contributed by atoms with Crippen molar-refractivity contribution < 1.29 is 23.8 Å². The van der Waals surface area contributed by atoms with E-state index in [9.17, 15) is 9.59 Å². The summed E-state index contributed by atoms with van der Waals surface area (Å²) < 4.78 is 16.5. The normalized spacial score (nSPS) is 20.7. The lowest BCUT2D eigenvalue weighted by Crippen LogP contribution is -2.39. The van der Waals surface area contributed by atoms with Crippen LogP contribution in [-0.2, 0) is 14.3 Å². The minimum atomic E-state index is -0.558. The van der Waals surface area contributed by atoms with Gasteiger partial charge in [-0.15, -0.1) is 0 Å². The molecule has 3 rings (SSSR count). The van der Waals surface area contributed by atoms with E-state index in [0.29, 0.717) is 34.8 Å². The van der Waals surface area contributed by atoms with Gasteiger partial charge in [-0.05, 0) is 38.7 Å². The minimum absolute atomic E-state index is 0.0407. The zero-order valence-corrected chi connectivity index (χ0v) is 18.8. The lowest BCUT2D eigenvalue weighted by Gasteiger charge is -2.39. The second-order valence-electron chi connectivity index (χ2n) is 8.99. The number of rotatable bonds is 5. The van der Waals surface area contributed by atoms with E-state index in [4.69, 9.17) is 14.2 Å². The third kappa shape index (κ3) is 4.09. The Bertz CT molecular complexity index is 939. The quantitative estimate of drug-likeness (QED) is 0.727. The molecular formula is C24H31NO5. The van der Waals surface area contributed by atoms with Crippen LogP contribution in [0.2, 0.25) is 0 Å². The lowest BCUT2D eigenvalue weighted by atomic mass is 9.68. The van der Waals surface area contributed by atoms with Gasteiger partial charge in [0.2, 0.25) is 0 Å². The van der Waals surface area contributed by atoms with Crippen LogP contribution in [0.15, 0.2) is 40.7 Å². The number of allylic oxidation sites excluding steroid dienone is 3. The first-order chi connectivity index (χ1) is 14.1. The molecule has 0 amide bonds. The van der Waals surface area contributed by atoms with Crippen LogP contribution in [0.25, 0.3) is 0 Å². The minimum Gasteiger partial charge on any atom is -0.497 e. The monoisotopic (exact) mass is 413 g/mol. The molecule has 0 spiro atoms. The zero-order chi connectivity index (χ0) is 22.2. The van der Waals surface area contributed by atoms with Crippen molar-refractivity contribution in [2.45, 2.75) is 59.5 Å². The first kappa shape index (κ1) is 21.9. The SMILES string of the molecule is COc1ccc([C@@H]2C(C(=O)OC(C)C)=C(C)NC3=C2C(=O)CC(C)(C)C3)c(OC)c1. The van der Waals surface area contributed by atoms with Gasteiger partial charge in [0.05, 0.1) is 31.8 Å². The zero-order valence-electron chi connectivity index (χ0n) is 18.8. The van der Waals surface area contributed by atoms with Crippen molar-refractivity contribution in [2.75, 3.05) is 14.2 Å². The highest BCUT2D eigenvalue weighted by Crippen LogP contribution is 2.49. The molecule has 6 heteroatoms. The Morgan fingerprint density at radius 2 is 1.87 bits per heavy atom. The number of esters is 1. The standard InChI is InChI=1S/C24H31NO5/c1-13(2)30-23(27)20-14(3)25-17-11-24(4,5)12-18(26)22(17)21(20)16-9-8-15(28-6)10-19(16)29-7/h8-10,13,21,25H,11-12H2,1-7H3/t21-/m1/s1. The Morgan fingerprint density at radius 3 is 2.47 bits per heavy atom.